The fourth-order valence-corrected chi connectivity index (χ4v) is 2.84. The highest BCUT2D eigenvalue weighted by Gasteiger charge is 2.42. The predicted molar refractivity (Wildman–Crippen MR) is 75.5 cm³/mol. The van der Waals surface area contributed by atoms with E-state index in [-0.39, 0.29) is 24.3 Å². The lowest BCUT2D eigenvalue weighted by atomic mass is 10.0. The van der Waals surface area contributed by atoms with Gasteiger partial charge in [0, 0.05) is 18.7 Å². The number of benzene rings is 1. The Balaban J connectivity index is 1.77. The van der Waals surface area contributed by atoms with Crippen LogP contribution in [0, 0.1) is 0 Å². The number of fused-ring (bicyclic) bond motifs is 1. The second kappa shape index (κ2) is 5.20. The van der Waals surface area contributed by atoms with Crippen molar-refractivity contribution in [2.45, 2.75) is 19.0 Å². The van der Waals surface area contributed by atoms with Gasteiger partial charge < -0.3 is 15.1 Å². The SMILES string of the molecule is C[C@H]1NC(=O)[C@H]2CN(C(=O)c3ccccc3)CCN2C1=O. The summed E-state index contributed by atoms with van der Waals surface area (Å²) in [5.41, 5.74) is 0.599. The highest BCUT2D eigenvalue weighted by molar-refractivity contribution is 5.99. The molecular weight excluding hydrogens is 270 g/mol. The van der Waals surface area contributed by atoms with E-state index in [1.165, 1.54) is 0 Å². The van der Waals surface area contributed by atoms with Gasteiger partial charge in [0.2, 0.25) is 11.8 Å². The van der Waals surface area contributed by atoms with Gasteiger partial charge >= 0.3 is 0 Å². The lowest BCUT2D eigenvalue weighted by molar-refractivity contribution is -0.151. The Morgan fingerprint density at radius 2 is 1.90 bits per heavy atom. The molecule has 0 unspecified atom stereocenters. The quantitative estimate of drug-likeness (QED) is 0.781. The van der Waals surface area contributed by atoms with Crippen molar-refractivity contribution < 1.29 is 14.4 Å². The van der Waals surface area contributed by atoms with Crippen molar-refractivity contribution in [2.24, 2.45) is 0 Å². The molecule has 2 aliphatic rings. The molecule has 1 N–H and O–H groups in total. The van der Waals surface area contributed by atoms with Gasteiger partial charge in [-0.1, -0.05) is 18.2 Å². The van der Waals surface area contributed by atoms with Crippen molar-refractivity contribution >= 4 is 17.7 Å². The number of carbonyl (C=O) groups excluding carboxylic acids is 3. The Morgan fingerprint density at radius 1 is 1.19 bits per heavy atom. The van der Waals surface area contributed by atoms with Gasteiger partial charge in [0.05, 0.1) is 6.54 Å². The monoisotopic (exact) mass is 287 g/mol. The molecule has 6 heteroatoms. The van der Waals surface area contributed by atoms with Crippen LogP contribution in [0.5, 0.6) is 0 Å². The van der Waals surface area contributed by atoms with Gasteiger partial charge in [0.25, 0.3) is 5.91 Å². The Hall–Kier alpha value is -2.37. The van der Waals surface area contributed by atoms with Crippen molar-refractivity contribution in [3.05, 3.63) is 35.9 Å². The van der Waals surface area contributed by atoms with E-state index in [4.69, 9.17) is 0 Å². The number of hydrogen-bond acceptors (Lipinski definition) is 3. The van der Waals surface area contributed by atoms with Crippen molar-refractivity contribution in [2.75, 3.05) is 19.6 Å². The molecular formula is C15H17N3O3. The molecule has 6 nitrogen and oxygen atoms in total. The first-order chi connectivity index (χ1) is 10.1. The van der Waals surface area contributed by atoms with Crippen LogP contribution >= 0.6 is 0 Å². The predicted octanol–water partition coefficient (Wildman–Crippen LogP) is -0.142. The molecule has 110 valence electrons. The van der Waals surface area contributed by atoms with Gasteiger partial charge in [0.1, 0.15) is 12.1 Å². The summed E-state index contributed by atoms with van der Waals surface area (Å²) in [5, 5.41) is 2.66. The molecule has 0 aliphatic carbocycles. The van der Waals surface area contributed by atoms with Crippen molar-refractivity contribution in [1.82, 2.24) is 15.1 Å². The van der Waals surface area contributed by atoms with Gasteiger partial charge in [-0.2, -0.15) is 0 Å². The standard InChI is InChI=1S/C15H17N3O3/c1-10-14(20)18-8-7-17(9-12(18)13(19)16-10)15(21)11-5-3-2-4-6-11/h2-6,10,12H,7-9H2,1H3,(H,16,19)/t10-,12-/m1/s1. The zero-order valence-electron chi connectivity index (χ0n) is 11.8. The Kier molecular flexibility index (Phi) is 3.37. The van der Waals surface area contributed by atoms with E-state index in [1.54, 1.807) is 28.9 Å². The minimum Gasteiger partial charge on any atom is -0.343 e. The van der Waals surface area contributed by atoms with E-state index in [1.807, 2.05) is 18.2 Å². The van der Waals surface area contributed by atoms with E-state index >= 15 is 0 Å². The van der Waals surface area contributed by atoms with Crippen LogP contribution in [-0.4, -0.2) is 59.2 Å². The molecule has 2 heterocycles. The molecule has 3 amide bonds. The van der Waals surface area contributed by atoms with E-state index in [0.717, 1.165) is 0 Å². The van der Waals surface area contributed by atoms with Crippen molar-refractivity contribution in [3.8, 4) is 0 Å². The maximum absolute atomic E-state index is 12.4. The highest BCUT2D eigenvalue weighted by Crippen LogP contribution is 2.17. The molecule has 1 aromatic carbocycles. The summed E-state index contributed by atoms with van der Waals surface area (Å²) in [4.78, 5) is 39.7. The van der Waals surface area contributed by atoms with Crippen LogP contribution in [0.15, 0.2) is 30.3 Å². The second-order valence-corrected chi connectivity index (χ2v) is 5.39. The molecule has 0 spiro atoms. The van der Waals surface area contributed by atoms with E-state index in [9.17, 15) is 14.4 Å². The second-order valence-electron chi connectivity index (χ2n) is 5.39. The molecule has 2 aliphatic heterocycles. The summed E-state index contributed by atoms with van der Waals surface area (Å²) in [7, 11) is 0. The fraction of sp³-hybridized carbons (Fsp3) is 0.400. The maximum Gasteiger partial charge on any atom is 0.253 e. The minimum atomic E-state index is -0.574. The van der Waals surface area contributed by atoms with Gasteiger partial charge in [0.15, 0.2) is 0 Å². The largest absolute Gasteiger partial charge is 0.343 e. The molecule has 2 fully saturated rings. The minimum absolute atomic E-state index is 0.0774. The number of piperazine rings is 2. The number of nitrogens with one attached hydrogen (secondary N) is 1. The molecule has 0 aromatic heterocycles. The van der Waals surface area contributed by atoms with E-state index in [2.05, 4.69) is 5.32 Å². The lowest BCUT2D eigenvalue weighted by Crippen LogP contribution is -2.69. The zero-order valence-corrected chi connectivity index (χ0v) is 11.8. The first kappa shape index (κ1) is 13.6. The molecule has 0 bridgehead atoms. The van der Waals surface area contributed by atoms with Gasteiger partial charge in [-0.3, -0.25) is 14.4 Å². The van der Waals surface area contributed by atoms with Crippen LogP contribution in [0.1, 0.15) is 17.3 Å². The number of nitrogens with zero attached hydrogens (tertiary/aromatic N) is 2. The van der Waals surface area contributed by atoms with Crippen molar-refractivity contribution in [1.29, 1.82) is 0 Å². The average Bonchev–Trinajstić information content (AvgIpc) is 2.52. The summed E-state index contributed by atoms with van der Waals surface area (Å²) in [6.45, 7) is 2.78. The fourth-order valence-electron chi connectivity index (χ4n) is 2.84. The third kappa shape index (κ3) is 2.37. The van der Waals surface area contributed by atoms with Gasteiger partial charge in [-0.15, -0.1) is 0 Å². The molecule has 0 radical (unpaired) electrons. The van der Waals surface area contributed by atoms with Gasteiger partial charge in [-0.25, -0.2) is 0 Å². The van der Waals surface area contributed by atoms with Crippen LogP contribution < -0.4 is 5.32 Å². The van der Waals surface area contributed by atoms with E-state index < -0.39 is 12.1 Å². The first-order valence-electron chi connectivity index (χ1n) is 7.03. The average molecular weight is 287 g/mol. The number of carbonyl (C=O) groups is 3. The van der Waals surface area contributed by atoms with Crippen LogP contribution in [0.3, 0.4) is 0 Å². The number of amides is 3. The van der Waals surface area contributed by atoms with E-state index in [0.29, 0.717) is 18.7 Å². The smallest absolute Gasteiger partial charge is 0.253 e. The van der Waals surface area contributed by atoms with Crippen LogP contribution in [0.25, 0.3) is 0 Å². The van der Waals surface area contributed by atoms with Crippen LogP contribution in [-0.2, 0) is 9.59 Å². The summed E-state index contributed by atoms with van der Waals surface area (Å²) in [6, 6.07) is 7.92. The summed E-state index contributed by atoms with van der Waals surface area (Å²) < 4.78 is 0. The number of rotatable bonds is 1. The summed E-state index contributed by atoms with van der Waals surface area (Å²) in [6.07, 6.45) is 0. The topological polar surface area (TPSA) is 69.7 Å². The molecule has 2 atom stereocenters. The Morgan fingerprint density at radius 3 is 2.62 bits per heavy atom. The Bertz CT molecular complexity index is 587. The zero-order chi connectivity index (χ0) is 15.0. The molecule has 3 rings (SSSR count). The maximum atomic E-state index is 12.4. The molecule has 0 saturated carbocycles. The molecule has 1 aromatic rings. The Labute approximate surface area is 122 Å². The third-order valence-corrected chi connectivity index (χ3v) is 4.00. The molecule has 2 saturated heterocycles. The van der Waals surface area contributed by atoms with Crippen molar-refractivity contribution in [3.63, 3.8) is 0 Å². The van der Waals surface area contributed by atoms with Gasteiger partial charge in [-0.05, 0) is 19.1 Å². The third-order valence-electron chi connectivity index (χ3n) is 4.00. The lowest BCUT2D eigenvalue weighted by Gasteiger charge is -2.44. The van der Waals surface area contributed by atoms with Crippen LogP contribution in [0.2, 0.25) is 0 Å². The highest BCUT2D eigenvalue weighted by atomic mass is 16.2. The molecule has 21 heavy (non-hydrogen) atoms. The normalized spacial score (nSPS) is 25.4. The first-order valence-corrected chi connectivity index (χ1v) is 7.03. The summed E-state index contributed by atoms with van der Waals surface area (Å²) >= 11 is 0. The number of hydrogen-bond donors (Lipinski definition) is 1. The van der Waals surface area contributed by atoms with Crippen LogP contribution in [0.4, 0.5) is 0 Å². The summed E-state index contributed by atoms with van der Waals surface area (Å²) in [5.74, 6) is -0.367.